The molecule has 2 amide bonds. The van der Waals surface area contributed by atoms with Gasteiger partial charge in [0.1, 0.15) is 0 Å². The van der Waals surface area contributed by atoms with Crippen molar-refractivity contribution in [2.45, 2.75) is 44.6 Å². The molecular weight excluding hydrogens is 402 g/mol. The lowest BCUT2D eigenvalue weighted by Gasteiger charge is -2.15. The number of aromatic amines is 1. The van der Waals surface area contributed by atoms with Gasteiger partial charge >= 0.3 is 0 Å². The number of pyridine rings is 1. The number of carbonyl (C=O) groups is 2. The molecule has 7 nitrogen and oxygen atoms in total. The summed E-state index contributed by atoms with van der Waals surface area (Å²) < 4.78 is 0. The maximum Gasteiger partial charge on any atom is 0.243 e. The van der Waals surface area contributed by atoms with Crippen molar-refractivity contribution in [3.8, 4) is 11.1 Å². The summed E-state index contributed by atoms with van der Waals surface area (Å²) in [6.45, 7) is 5.49. The molecule has 0 spiro atoms. The van der Waals surface area contributed by atoms with E-state index in [0.717, 1.165) is 34.5 Å². The van der Waals surface area contributed by atoms with Crippen LogP contribution >= 0.6 is 0 Å². The summed E-state index contributed by atoms with van der Waals surface area (Å²) in [6.07, 6.45) is 6.46. The van der Waals surface area contributed by atoms with Crippen LogP contribution in [0.25, 0.3) is 11.1 Å². The zero-order valence-electron chi connectivity index (χ0n) is 18.1. The van der Waals surface area contributed by atoms with Crippen molar-refractivity contribution in [1.82, 2.24) is 20.5 Å². The average Bonchev–Trinajstić information content (AvgIpc) is 3.57. The molecule has 32 heavy (non-hydrogen) atoms. The molecule has 1 unspecified atom stereocenters. The van der Waals surface area contributed by atoms with Crippen LogP contribution in [0, 0.1) is 0 Å². The first-order chi connectivity index (χ1) is 15.6. The van der Waals surface area contributed by atoms with Crippen LogP contribution in [0.5, 0.6) is 0 Å². The van der Waals surface area contributed by atoms with Crippen molar-refractivity contribution in [2.24, 2.45) is 0 Å². The lowest BCUT2D eigenvalue weighted by atomic mass is 10.0. The van der Waals surface area contributed by atoms with Gasteiger partial charge in [0.2, 0.25) is 11.8 Å². The number of nitrogens with one attached hydrogen (secondary N) is 3. The third kappa shape index (κ3) is 5.29. The van der Waals surface area contributed by atoms with Gasteiger partial charge < -0.3 is 10.6 Å². The van der Waals surface area contributed by atoms with Gasteiger partial charge in [-0.15, -0.1) is 0 Å². The molecule has 0 aliphatic heterocycles. The summed E-state index contributed by atoms with van der Waals surface area (Å²) >= 11 is 0. The second-order valence-corrected chi connectivity index (χ2v) is 8.05. The van der Waals surface area contributed by atoms with Crippen LogP contribution < -0.4 is 10.6 Å². The number of rotatable bonds is 9. The van der Waals surface area contributed by atoms with Crippen molar-refractivity contribution >= 4 is 17.6 Å². The van der Waals surface area contributed by atoms with E-state index in [2.05, 4.69) is 32.4 Å². The Morgan fingerprint density at radius 1 is 1.19 bits per heavy atom. The Balaban J connectivity index is 1.35. The lowest BCUT2D eigenvalue weighted by Crippen LogP contribution is -2.26. The molecule has 0 radical (unpaired) electrons. The van der Waals surface area contributed by atoms with E-state index >= 15 is 0 Å². The van der Waals surface area contributed by atoms with Crippen LogP contribution in [-0.2, 0) is 16.0 Å². The van der Waals surface area contributed by atoms with Gasteiger partial charge in [0.05, 0.1) is 18.2 Å². The van der Waals surface area contributed by atoms with Crippen LogP contribution in [0.3, 0.4) is 0 Å². The molecule has 1 atom stereocenters. The second-order valence-electron chi connectivity index (χ2n) is 8.05. The van der Waals surface area contributed by atoms with Gasteiger partial charge in [-0.1, -0.05) is 43.8 Å². The molecule has 1 saturated carbocycles. The average molecular weight is 430 g/mol. The monoisotopic (exact) mass is 429 g/mol. The number of anilines is 1. The van der Waals surface area contributed by atoms with E-state index in [9.17, 15) is 9.59 Å². The number of benzene rings is 1. The number of amides is 2. The minimum atomic E-state index is -0.210. The minimum absolute atomic E-state index is 0.0928. The highest BCUT2D eigenvalue weighted by Crippen LogP contribution is 2.39. The largest absolute Gasteiger partial charge is 0.344 e. The normalized spacial score (nSPS) is 13.9. The highest BCUT2D eigenvalue weighted by molar-refractivity contribution is 5.91. The van der Waals surface area contributed by atoms with Crippen LogP contribution in [0.2, 0.25) is 0 Å². The van der Waals surface area contributed by atoms with Crippen molar-refractivity contribution in [1.29, 1.82) is 0 Å². The number of nitrogens with zero attached hydrogens (tertiary/aromatic N) is 2. The summed E-state index contributed by atoms with van der Waals surface area (Å²) in [6, 6.07) is 13.5. The number of H-pyrrole nitrogens is 1. The fraction of sp³-hybridized carbons (Fsp3) is 0.280. The smallest absolute Gasteiger partial charge is 0.243 e. The summed E-state index contributed by atoms with van der Waals surface area (Å²) in [5, 5.41) is 12.9. The molecule has 0 bridgehead atoms. The van der Waals surface area contributed by atoms with Crippen molar-refractivity contribution < 1.29 is 9.59 Å². The van der Waals surface area contributed by atoms with Crippen LogP contribution in [0.15, 0.2) is 61.3 Å². The van der Waals surface area contributed by atoms with Gasteiger partial charge in [0.15, 0.2) is 5.82 Å². The Bertz CT molecular complexity index is 1100. The highest BCUT2D eigenvalue weighted by atomic mass is 16.2. The Hall–Kier alpha value is -3.74. The lowest BCUT2D eigenvalue weighted by molar-refractivity contribution is -0.117. The molecular formula is C25H27N5O2. The predicted octanol–water partition coefficient (Wildman–Crippen LogP) is 4.28. The van der Waals surface area contributed by atoms with Crippen LogP contribution in [-0.4, -0.2) is 27.0 Å². The van der Waals surface area contributed by atoms with E-state index in [1.54, 1.807) is 6.20 Å². The quantitative estimate of drug-likeness (QED) is 0.442. The first-order valence-corrected chi connectivity index (χ1v) is 10.9. The maximum absolute atomic E-state index is 12.3. The first-order valence-electron chi connectivity index (χ1n) is 10.9. The molecule has 1 aromatic carbocycles. The minimum Gasteiger partial charge on any atom is -0.344 e. The Morgan fingerprint density at radius 3 is 2.56 bits per heavy atom. The van der Waals surface area contributed by atoms with Crippen LogP contribution in [0.1, 0.15) is 55.1 Å². The Morgan fingerprint density at radius 2 is 1.94 bits per heavy atom. The van der Waals surface area contributed by atoms with Crippen molar-refractivity contribution in [3.05, 3.63) is 78.3 Å². The summed E-state index contributed by atoms with van der Waals surface area (Å²) in [4.78, 5) is 28.5. The van der Waals surface area contributed by atoms with E-state index in [-0.39, 0.29) is 24.3 Å². The standard InChI is InChI=1S/C25H27N5O2/c1-3-20(27-24(31)4-2)21-12-11-19(15-26-21)17-7-5-16(6-8-17)13-25(32)28-23-14-22(29-30-23)18-9-10-18/h4-8,11-12,14-15,18,20H,2-3,9-10,13H2,1H3,(H,27,31)(H2,28,29,30,32). The molecule has 3 N–H and O–H groups in total. The topological polar surface area (TPSA) is 99.8 Å². The number of hydrogen-bond acceptors (Lipinski definition) is 4. The first kappa shape index (κ1) is 21.5. The highest BCUT2D eigenvalue weighted by Gasteiger charge is 2.25. The van der Waals surface area contributed by atoms with E-state index in [1.165, 1.54) is 18.9 Å². The molecule has 0 saturated heterocycles. The fourth-order valence-corrected chi connectivity index (χ4v) is 3.59. The molecule has 2 aromatic heterocycles. The maximum atomic E-state index is 12.3. The molecule has 1 aliphatic rings. The summed E-state index contributed by atoms with van der Waals surface area (Å²) in [7, 11) is 0. The third-order valence-corrected chi connectivity index (χ3v) is 5.59. The zero-order chi connectivity index (χ0) is 22.5. The SMILES string of the molecule is C=CC(=O)NC(CC)c1ccc(-c2ccc(CC(=O)Nc3cc(C4CC4)[nH]n3)cc2)cn1. The van der Waals surface area contributed by atoms with Crippen molar-refractivity contribution in [2.75, 3.05) is 5.32 Å². The zero-order valence-corrected chi connectivity index (χ0v) is 18.1. The number of carbonyl (C=O) groups excluding carboxylic acids is 2. The van der Waals surface area contributed by atoms with Gasteiger partial charge in [-0.05, 0) is 42.5 Å². The fourth-order valence-electron chi connectivity index (χ4n) is 3.59. The predicted molar refractivity (Wildman–Crippen MR) is 124 cm³/mol. The molecule has 1 aliphatic carbocycles. The summed E-state index contributed by atoms with van der Waals surface area (Å²) in [5.41, 5.74) is 4.81. The van der Waals surface area contributed by atoms with Gasteiger partial charge in [-0.3, -0.25) is 19.7 Å². The molecule has 2 heterocycles. The Kier molecular flexibility index (Phi) is 6.44. The third-order valence-electron chi connectivity index (χ3n) is 5.59. The molecule has 4 rings (SSSR count). The van der Waals surface area contributed by atoms with E-state index in [1.807, 2.05) is 49.4 Å². The van der Waals surface area contributed by atoms with E-state index in [0.29, 0.717) is 11.7 Å². The van der Waals surface area contributed by atoms with Crippen molar-refractivity contribution in [3.63, 3.8) is 0 Å². The van der Waals surface area contributed by atoms with Crippen LogP contribution in [0.4, 0.5) is 5.82 Å². The molecule has 164 valence electrons. The van der Waals surface area contributed by atoms with E-state index in [4.69, 9.17) is 0 Å². The second kappa shape index (κ2) is 9.60. The van der Waals surface area contributed by atoms with Gasteiger partial charge in [0.25, 0.3) is 0 Å². The number of aromatic nitrogens is 3. The molecule has 7 heteroatoms. The molecule has 3 aromatic rings. The summed E-state index contributed by atoms with van der Waals surface area (Å²) in [5.74, 6) is 0.847. The van der Waals surface area contributed by atoms with Gasteiger partial charge in [0, 0.05) is 29.4 Å². The number of hydrogen-bond donors (Lipinski definition) is 3. The van der Waals surface area contributed by atoms with Gasteiger partial charge in [-0.25, -0.2) is 0 Å². The Labute approximate surface area is 187 Å². The van der Waals surface area contributed by atoms with Gasteiger partial charge in [-0.2, -0.15) is 5.10 Å². The molecule has 1 fully saturated rings. The van der Waals surface area contributed by atoms with E-state index < -0.39 is 0 Å².